The van der Waals surface area contributed by atoms with E-state index in [9.17, 15) is 0 Å². The van der Waals surface area contributed by atoms with Crippen LogP contribution in [-0.2, 0) is 0 Å². The molecule has 5 heterocycles. The second kappa shape index (κ2) is 8.28. The van der Waals surface area contributed by atoms with Gasteiger partial charge in [0.05, 0.1) is 22.8 Å². The van der Waals surface area contributed by atoms with E-state index in [1.807, 2.05) is 48.6 Å². The van der Waals surface area contributed by atoms with Crippen LogP contribution in [0.2, 0.25) is 0 Å². The summed E-state index contributed by atoms with van der Waals surface area (Å²) >= 11 is 0. The zero-order valence-electron chi connectivity index (χ0n) is 17.0. The average Bonchev–Trinajstić information content (AvgIpc) is 3.57. The van der Waals surface area contributed by atoms with Crippen molar-refractivity contribution in [1.82, 2.24) is 19.9 Å². The SMILES string of the molecule is C1=Cc2cc3ccc(cc4nc(cc5ccc(cc1n2)[nH]5)C=C4)[nH]3.Oc1ccccc1O. The van der Waals surface area contributed by atoms with Crippen LogP contribution < -0.4 is 0 Å². The fourth-order valence-electron chi connectivity index (χ4n) is 3.41. The van der Waals surface area contributed by atoms with Gasteiger partial charge in [0.2, 0.25) is 0 Å². The first-order chi connectivity index (χ1) is 15.6. The van der Waals surface area contributed by atoms with E-state index in [0.29, 0.717) is 0 Å². The first-order valence-electron chi connectivity index (χ1n) is 10.1. The monoisotopic (exact) mass is 420 g/mol. The minimum absolute atomic E-state index is 0.0764. The molecule has 0 radical (unpaired) electrons. The number of hydrogen-bond donors (Lipinski definition) is 4. The number of phenolic OH excluding ortho intramolecular Hbond substituents is 2. The van der Waals surface area contributed by atoms with Crippen LogP contribution in [0.25, 0.3) is 46.4 Å². The van der Waals surface area contributed by atoms with Gasteiger partial charge in [-0.15, -0.1) is 0 Å². The number of nitrogens with one attached hydrogen (secondary N) is 2. The standard InChI is InChI=1S/C20H14N4.C6H6O2/c1-2-14-10-16-5-6-18(23-16)12-20-8-7-19(24-20)11-17-4-3-15(22-17)9-13(1)21-14;7-5-3-1-2-4-6(5)8/h1-12,21,24H;1-4,7-8H. The topological polar surface area (TPSA) is 97.8 Å². The zero-order chi connectivity index (χ0) is 21.9. The summed E-state index contributed by atoms with van der Waals surface area (Å²) in [4.78, 5) is 16.0. The lowest BCUT2D eigenvalue weighted by molar-refractivity contribution is 0.404. The molecular formula is C26H20N4O2. The van der Waals surface area contributed by atoms with Crippen molar-refractivity contribution in [2.45, 2.75) is 0 Å². The molecule has 6 heteroatoms. The molecule has 156 valence electrons. The molecule has 2 aliphatic heterocycles. The van der Waals surface area contributed by atoms with Gasteiger partial charge in [0.15, 0.2) is 11.5 Å². The average molecular weight is 420 g/mol. The van der Waals surface area contributed by atoms with E-state index in [-0.39, 0.29) is 11.5 Å². The number of rotatable bonds is 0. The Bertz CT molecular complexity index is 1310. The van der Waals surface area contributed by atoms with Gasteiger partial charge < -0.3 is 20.2 Å². The lowest BCUT2D eigenvalue weighted by Crippen LogP contribution is -1.75. The van der Waals surface area contributed by atoms with Crippen LogP contribution in [0.4, 0.5) is 0 Å². The first kappa shape index (κ1) is 19.4. The van der Waals surface area contributed by atoms with E-state index in [0.717, 1.165) is 44.8 Å². The van der Waals surface area contributed by atoms with Crippen molar-refractivity contribution >= 4 is 46.4 Å². The molecule has 4 aromatic rings. The first-order valence-corrected chi connectivity index (χ1v) is 10.1. The summed E-state index contributed by atoms with van der Waals surface area (Å²) < 4.78 is 0. The third kappa shape index (κ3) is 4.44. The summed E-state index contributed by atoms with van der Waals surface area (Å²) in [6.45, 7) is 0. The quantitative estimate of drug-likeness (QED) is 0.235. The van der Waals surface area contributed by atoms with Gasteiger partial charge in [0.1, 0.15) is 0 Å². The molecule has 0 aliphatic carbocycles. The van der Waals surface area contributed by atoms with E-state index in [4.69, 9.17) is 10.2 Å². The Hall–Kier alpha value is -4.58. The largest absolute Gasteiger partial charge is 0.504 e. The number of aromatic nitrogens is 4. The van der Waals surface area contributed by atoms with Gasteiger partial charge in [-0.2, -0.15) is 0 Å². The van der Waals surface area contributed by atoms with Crippen LogP contribution in [0.5, 0.6) is 11.5 Å². The lowest BCUT2D eigenvalue weighted by atomic mass is 10.3. The Kier molecular flexibility index (Phi) is 5.01. The van der Waals surface area contributed by atoms with E-state index in [2.05, 4.69) is 44.2 Å². The highest BCUT2D eigenvalue weighted by atomic mass is 16.3. The highest BCUT2D eigenvalue weighted by Crippen LogP contribution is 2.21. The maximum absolute atomic E-state index is 8.67. The van der Waals surface area contributed by atoms with E-state index < -0.39 is 0 Å². The van der Waals surface area contributed by atoms with Crippen molar-refractivity contribution in [3.63, 3.8) is 0 Å². The van der Waals surface area contributed by atoms with Crippen LogP contribution in [0, 0.1) is 0 Å². The van der Waals surface area contributed by atoms with Crippen molar-refractivity contribution in [1.29, 1.82) is 0 Å². The Morgan fingerprint density at radius 1 is 0.469 bits per heavy atom. The fraction of sp³-hybridized carbons (Fsp3) is 0. The number of phenols is 2. The molecule has 4 N–H and O–H groups in total. The van der Waals surface area contributed by atoms with Gasteiger partial charge in [-0.05, 0) is 85.0 Å². The highest BCUT2D eigenvalue weighted by Gasteiger charge is 2.01. The van der Waals surface area contributed by atoms with Gasteiger partial charge in [0.25, 0.3) is 0 Å². The van der Waals surface area contributed by atoms with Crippen molar-refractivity contribution in [3.8, 4) is 11.5 Å². The molecule has 0 fully saturated rings. The van der Waals surface area contributed by atoms with Crippen LogP contribution in [0.3, 0.4) is 0 Å². The molecule has 32 heavy (non-hydrogen) atoms. The summed E-state index contributed by atoms with van der Waals surface area (Å²) in [6.07, 6.45) is 8.09. The smallest absolute Gasteiger partial charge is 0.157 e. The minimum atomic E-state index is -0.0764. The van der Waals surface area contributed by atoms with Gasteiger partial charge in [-0.3, -0.25) is 0 Å². The summed E-state index contributed by atoms with van der Waals surface area (Å²) in [6, 6.07) is 22.5. The molecule has 6 rings (SSSR count). The summed E-state index contributed by atoms with van der Waals surface area (Å²) in [7, 11) is 0. The summed E-state index contributed by atoms with van der Waals surface area (Å²) in [5.41, 5.74) is 7.86. The number of hydrogen-bond acceptors (Lipinski definition) is 4. The second-order valence-corrected chi connectivity index (χ2v) is 7.39. The second-order valence-electron chi connectivity index (χ2n) is 7.39. The van der Waals surface area contributed by atoms with E-state index >= 15 is 0 Å². The van der Waals surface area contributed by atoms with Crippen LogP contribution in [0.1, 0.15) is 22.8 Å². The van der Waals surface area contributed by atoms with Crippen LogP contribution in [-0.4, -0.2) is 30.1 Å². The maximum atomic E-state index is 8.67. The molecule has 0 spiro atoms. The van der Waals surface area contributed by atoms with Crippen LogP contribution >= 0.6 is 0 Å². The third-order valence-corrected chi connectivity index (χ3v) is 4.92. The Morgan fingerprint density at radius 2 is 0.781 bits per heavy atom. The van der Waals surface area contributed by atoms with E-state index in [1.165, 1.54) is 12.1 Å². The number of aromatic amines is 2. The fourth-order valence-corrected chi connectivity index (χ4v) is 3.41. The summed E-state index contributed by atoms with van der Waals surface area (Å²) in [5, 5.41) is 17.3. The van der Waals surface area contributed by atoms with Crippen molar-refractivity contribution in [2.24, 2.45) is 0 Å². The van der Waals surface area contributed by atoms with Gasteiger partial charge in [0, 0.05) is 22.1 Å². The number of benzene rings is 1. The molecule has 0 saturated heterocycles. The Morgan fingerprint density at radius 3 is 1.06 bits per heavy atom. The number of fused-ring (bicyclic) bond motifs is 8. The minimum Gasteiger partial charge on any atom is -0.504 e. The predicted octanol–water partition coefficient (Wildman–Crippen LogP) is 5.75. The molecule has 0 atom stereocenters. The molecule has 0 unspecified atom stereocenters. The Balaban J connectivity index is 0.000000230. The van der Waals surface area contributed by atoms with Gasteiger partial charge >= 0.3 is 0 Å². The molecule has 1 aromatic carbocycles. The van der Waals surface area contributed by atoms with Crippen LogP contribution in [0.15, 0.2) is 72.8 Å². The molecule has 2 aliphatic rings. The van der Waals surface area contributed by atoms with Gasteiger partial charge in [-0.1, -0.05) is 12.1 Å². The number of H-pyrrole nitrogens is 2. The van der Waals surface area contributed by atoms with E-state index in [1.54, 1.807) is 12.1 Å². The maximum Gasteiger partial charge on any atom is 0.157 e. The number of para-hydroxylation sites is 2. The highest BCUT2D eigenvalue weighted by molar-refractivity contribution is 5.77. The lowest BCUT2D eigenvalue weighted by Gasteiger charge is -1.91. The molecule has 0 amide bonds. The summed E-state index contributed by atoms with van der Waals surface area (Å²) in [5.74, 6) is -0.153. The normalized spacial score (nSPS) is 11.8. The molecule has 6 nitrogen and oxygen atoms in total. The van der Waals surface area contributed by atoms with Crippen molar-refractivity contribution < 1.29 is 10.2 Å². The Labute approximate surface area is 183 Å². The number of nitrogens with zero attached hydrogens (tertiary/aromatic N) is 2. The zero-order valence-corrected chi connectivity index (χ0v) is 17.0. The predicted molar refractivity (Wildman–Crippen MR) is 129 cm³/mol. The third-order valence-electron chi connectivity index (χ3n) is 4.92. The molecular weight excluding hydrogens is 400 g/mol. The van der Waals surface area contributed by atoms with Crippen molar-refractivity contribution in [2.75, 3.05) is 0 Å². The molecule has 0 saturated carbocycles. The number of aromatic hydroxyl groups is 2. The van der Waals surface area contributed by atoms with Crippen molar-refractivity contribution in [3.05, 3.63) is 95.6 Å². The molecule has 3 aromatic heterocycles. The van der Waals surface area contributed by atoms with Gasteiger partial charge in [-0.25, -0.2) is 9.97 Å². The molecule has 8 bridgehead atoms.